The second kappa shape index (κ2) is 5.37. The Balaban J connectivity index is 0.000000980. The summed E-state index contributed by atoms with van der Waals surface area (Å²) in [4.78, 5) is 0. The highest BCUT2D eigenvalue weighted by Crippen LogP contribution is 2.19. The highest BCUT2D eigenvalue weighted by atomic mass is 79.9. The number of hydrogen-bond acceptors (Lipinski definition) is 2. The molecule has 14 heavy (non-hydrogen) atoms. The van der Waals surface area contributed by atoms with Crippen LogP contribution in [0, 0.1) is 0 Å². The third-order valence-corrected chi connectivity index (χ3v) is 2.56. The van der Waals surface area contributed by atoms with Gasteiger partial charge in [0.2, 0.25) is 0 Å². The van der Waals surface area contributed by atoms with E-state index in [2.05, 4.69) is 17.4 Å². The van der Waals surface area contributed by atoms with E-state index < -0.39 is 0 Å². The predicted octanol–water partition coefficient (Wildman–Crippen LogP) is 1.96. The normalized spacial score (nSPS) is 14.9. The Bertz CT molecular complexity index is 301. The van der Waals surface area contributed by atoms with E-state index in [1.54, 1.807) is 7.11 Å². The maximum Gasteiger partial charge on any atom is 0.119 e. The molecule has 2 rings (SSSR count). The monoisotopic (exact) mass is 257 g/mol. The first-order valence-electron chi connectivity index (χ1n) is 4.76. The molecule has 0 bridgehead atoms. The van der Waals surface area contributed by atoms with Crippen LogP contribution >= 0.6 is 17.0 Å². The SMILES string of the molecule is Br.COc1ccc2c(c1)CCNCC2. The van der Waals surface area contributed by atoms with Crippen LogP contribution in [-0.2, 0) is 12.8 Å². The summed E-state index contributed by atoms with van der Waals surface area (Å²) in [5, 5.41) is 3.39. The van der Waals surface area contributed by atoms with Crippen molar-refractivity contribution in [2.24, 2.45) is 0 Å². The lowest BCUT2D eigenvalue weighted by Crippen LogP contribution is -2.16. The molecule has 0 aliphatic carbocycles. The fraction of sp³-hybridized carbons (Fsp3) is 0.455. The van der Waals surface area contributed by atoms with Crippen LogP contribution in [0.4, 0.5) is 0 Å². The van der Waals surface area contributed by atoms with E-state index in [0.29, 0.717) is 0 Å². The number of ether oxygens (including phenoxy) is 1. The number of halogens is 1. The molecule has 3 heteroatoms. The van der Waals surface area contributed by atoms with Crippen molar-refractivity contribution >= 4 is 17.0 Å². The zero-order valence-corrected chi connectivity index (χ0v) is 10.1. The molecule has 0 spiro atoms. The number of hydrogen-bond donors (Lipinski definition) is 1. The smallest absolute Gasteiger partial charge is 0.119 e. The average Bonchev–Trinajstić information content (AvgIpc) is 2.41. The molecule has 0 aromatic heterocycles. The van der Waals surface area contributed by atoms with Crippen LogP contribution < -0.4 is 10.1 Å². The highest BCUT2D eigenvalue weighted by molar-refractivity contribution is 8.93. The van der Waals surface area contributed by atoms with Crippen molar-refractivity contribution in [3.05, 3.63) is 29.3 Å². The molecule has 1 aliphatic rings. The summed E-state index contributed by atoms with van der Waals surface area (Å²) in [5.41, 5.74) is 2.90. The summed E-state index contributed by atoms with van der Waals surface area (Å²) in [6, 6.07) is 6.38. The van der Waals surface area contributed by atoms with Crippen molar-refractivity contribution in [2.75, 3.05) is 20.2 Å². The van der Waals surface area contributed by atoms with Gasteiger partial charge in [-0.15, -0.1) is 17.0 Å². The molecule has 1 heterocycles. The van der Waals surface area contributed by atoms with Crippen molar-refractivity contribution < 1.29 is 4.74 Å². The molecule has 0 unspecified atom stereocenters. The second-order valence-electron chi connectivity index (χ2n) is 3.38. The number of benzene rings is 1. The van der Waals surface area contributed by atoms with Gasteiger partial charge in [-0.2, -0.15) is 0 Å². The number of fused-ring (bicyclic) bond motifs is 1. The number of methoxy groups -OCH3 is 1. The van der Waals surface area contributed by atoms with Gasteiger partial charge in [-0.1, -0.05) is 6.07 Å². The van der Waals surface area contributed by atoms with E-state index in [1.807, 2.05) is 6.07 Å². The topological polar surface area (TPSA) is 21.3 Å². The van der Waals surface area contributed by atoms with Crippen LogP contribution in [0.2, 0.25) is 0 Å². The zero-order chi connectivity index (χ0) is 9.10. The third-order valence-electron chi connectivity index (χ3n) is 2.56. The molecule has 1 aromatic rings. The third kappa shape index (κ3) is 2.49. The van der Waals surface area contributed by atoms with Crippen molar-refractivity contribution in [3.63, 3.8) is 0 Å². The van der Waals surface area contributed by atoms with E-state index in [4.69, 9.17) is 4.74 Å². The molecule has 0 saturated heterocycles. The Morgan fingerprint density at radius 2 is 1.86 bits per heavy atom. The Kier molecular flexibility index (Phi) is 4.42. The molecule has 78 valence electrons. The first-order valence-corrected chi connectivity index (χ1v) is 4.76. The molecule has 0 amide bonds. The van der Waals surface area contributed by atoms with Crippen LogP contribution in [0.1, 0.15) is 11.1 Å². The lowest BCUT2D eigenvalue weighted by atomic mass is 10.0. The van der Waals surface area contributed by atoms with Crippen molar-refractivity contribution in [3.8, 4) is 5.75 Å². The van der Waals surface area contributed by atoms with Gasteiger partial charge >= 0.3 is 0 Å². The summed E-state index contributed by atoms with van der Waals surface area (Å²) in [6.07, 6.45) is 2.26. The van der Waals surface area contributed by atoms with Gasteiger partial charge in [-0.25, -0.2) is 0 Å². The van der Waals surface area contributed by atoms with E-state index in [9.17, 15) is 0 Å². The summed E-state index contributed by atoms with van der Waals surface area (Å²) < 4.78 is 5.20. The van der Waals surface area contributed by atoms with Gasteiger partial charge in [0.25, 0.3) is 0 Å². The summed E-state index contributed by atoms with van der Waals surface area (Å²) in [7, 11) is 1.72. The minimum Gasteiger partial charge on any atom is -0.497 e. The van der Waals surface area contributed by atoms with Gasteiger partial charge < -0.3 is 10.1 Å². The van der Waals surface area contributed by atoms with E-state index in [1.165, 1.54) is 11.1 Å². The van der Waals surface area contributed by atoms with Crippen LogP contribution in [0.5, 0.6) is 5.75 Å². The first-order chi connectivity index (χ1) is 6.40. The van der Waals surface area contributed by atoms with Gasteiger partial charge in [0, 0.05) is 0 Å². The van der Waals surface area contributed by atoms with Gasteiger partial charge in [0.15, 0.2) is 0 Å². The lowest BCUT2D eigenvalue weighted by molar-refractivity contribution is 0.414. The first kappa shape index (κ1) is 11.5. The average molecular weight is 258 g/mol. The Morgan fingerprint density at radius 1 is 1.14 bits per heavy atom. The maximum absolute atomic E-state index is 5.20. The summed E-state index contributed by atoms with van der Waals surface area (Å²) in [5.74, 6) is 0.973. The van der Waals surface area contributed by atoms with Gasteiger partial charge in [-0.05, 0) is 49.2 Å². The van der Waals surface area contributed by atoms with E-state index in [-0.39, 0.29) is 17.0 Å². The second-order valence-corrected chi connectivity index (χ2v) is 3.38. The minimum atomic E-state index is 0. The molecular formula is C11H16BrNO. The Hall–Kier alpha value is -0.540. The quantitative estimate of drug-likeness (QED) is 0.831. The molecule has 0 atom stereocenters. The van der Waals surface area contributed by atoms with Crippen molar-refractivity contribution in [1.29, 1.82) is 0 Å². The molecule has 1 aliphatic heterocycles. The summed E-state index contributed by atoms with van der Waals surface area (Å²) >= 11 is 0. The van der Waals surface area contributed by atoms with Gasteiger partial charge in [0.05, 0.1) is 7.11 Å². The van der Waals surface area contributed by atoms with Gasteiger partial charge in [-0.3, -0.25) is 0 Å². The Labute approximate surface area is 95.4 Å². The number of nitrogens with one attached hydrogen (secondary N) is 1. The van der Waals surface area contributed by atoms with Gasteiger partial charge in [0.1, 0.15) is 5.75 Å². The van der Waals surface area contributed by atoms with Crippen LogP contribution in [-0.4, -0.2) is 20.2 Å². The number of rotatable bonds is 1. The summed E-state index contributed by atoms with van der Waals surface area (Å²) in [6.45, 7) is 2.18. The standard InChI is InChI=1S/C11H15NO.BrH/c1-13-11-3-2-9-4-6-12-7-5-10(9)8-11;/h2-3,8,12H,4-7H2,1H3;1H. The Morgan fingerprint density at radius 3 is 2.57 bits per heavy atom. The van der Waals surface area contributed by atoms with E-state index in [0.717, 1.165) is 31.7 Å². The van der Waals surface area contributed by atoms with Crippen molar-refractivity contribution in [2.45, 2.75) is 12.8 Å². The fourth-order valence-electron chi connectivity index (χ4n) is 1.78. The molecule has 2 nitrogen and oxygen atoms in total. The predicted molar refractivity (Wildman–Crippen MR) is 63.6 cm³/mol. The largest absolute Gasteiger partial charge is 0.497 e. The molecule has 1 aromatic carbocycles. The maximum atomic E-state index is 5.20. The van der Waals surface area contributed by atoms with Crippen LogP contribution in [0.25, 0.3) is 0 Å². The molecule has 0 radical (unpaired) electrons. The zero-order valence-electron chi connectivity index (χ0n) is 8.38. The van der Waals surface area contributed by atoms with Crippen LogP contribution in [0.15, 0.2) is 18.2 Å². The molecule has 0 saturated carbocycles. The molecule has 0 fully saturated rings. The molecule has 1 N–H and O–H groups in total. The minimum absolute atomic E-state index is 0. The highest BCUT2D eigenvalue weighted by Gasteiger charge is 2.07. The van der Waals surface area contributed by atoms with Crippen LogP contribution in [0.3, 0.4) is 0 Å². The van der Waals surface area contributed by atoms with Crippen molar-refractivity contribution in [1.82, 2.24) is 5.32 Å². The fourth-order valence-corrected chi connectivity index (χ4v) is 1.78. The van der Waals surface area contributed by atoms with E-state index >= 15 is 0 Å². The lowest BCUT2D eigenvalue weighted by Gasteiger charge is -2.06. The molecular weight excluding hydrogens is 242 g/mol.